The number of fused-ring (bicyclic) bond motifs is 1. The molecule has 1 heterocycles. The monoisotopic (exact) mass is 694 g/mol. The van der Waals surface area contributed by atoms with Crippen LogP contribution < -0.4 is 35.4 Å². The highest BCUT2D eigenvalue weighted by atomic mass is 32.2. The largest absolute Gasteiger partial charge is 0.497 e. The van der Waals surface area contributed by atoms with Crippen LogP contribution in [0.4, 0.5) is 17.1 Å². The number of methoxy groups -OCH3 is 1. The molecule has 0 spiro atoms. The standard InChI is InChI=1S/C32H34N6O8S2/c1-46-23-8-12-25(13-9-23)48(44,45)38(20-31(34)40)29-15-14-28(26-4-2-3-5-27(26)29)37(19-30(33)39)47(42,43)24-10-6-22(7-11-24)36-32(41)21-16-17-35-18-21/h2-15,21,35H,16-20H2,1H3,(H2,33,39)(H2,34,40)(H,36,41)/t21-/m0/s1. The fraction of sp³-hybridized carbons (Fsp3) is 0.219. The first-order valence-corrected chi connectivity index (χ1v) is 17.6. The van der Waals surface area contributed by atoms with Crippen molar-refractivity contribution < 1.29 is 36.0 Å². The van der Waals surface area contributed by atoms with Crippen molar-refractivity contribution in [1.82, 2.24) is 5.32 Å². The zero-order valence-corrected chi connectivity index (χ0v) is 27.5. The van der Waals surface area contributed by atoms with Crippen LogP contribution in [0.1, 0.15) is 6.42 Å². The zero-order chi connectivity index (χ0) is 34.6. The number of ether oxygens (including phenoxy) is 1. The fourth-order valence-corrected chi connectivity index (χ4v) is 8.32. The lowest BCUT2D eigenvalue weighted by Crippen LogP contribution is -2.39. The summed E-state index contributed by atoms with van der Waals surface area (Å²) < 4.78 is 62.7. The van der Waals surface area contributed by atoms with Crippen molar-refractivity contribution in [2.24, 2.45) is 17.4 Å². The van der Waals surface area contributed by atoms with Crippen molar-refractivity contribution in [1.29, 1.82) is 0 Å². The van der Waals surface area contributed by atoms with E-state index in [4.69, 9.17) is 16.2 Å². The third-order valence-corrected chi connectivity index (χ3v) is 11.4. The molecule has 0 saturated carbocycles. The van der Waals surface area contributed by atoms with Crippen molar-refractivity contribution >= 4 is 65.6 Å². The van der Waals surface area contributed by atoms with Crippen LogP contribution >= 0.6 is 0 Å². The molecular weight excluding hydrogens is 661 g/mol. The summed E-state index contributed by atoms with van der Waals surface area (Å²) >= 11 is 0. The number of amides is 3. The number of primary amides is 2. The van der Waals surface area contributed by atoms with E-state index in [0.29, 0.717) is 24.4 Å². The molecule has 1 aliphatic heterocycles. The Kier molecular flexibility index (Phi) is 9.88. The summed E-state index contributed by atoms with van der Waals surface area (Å²) in [5.41, 5.74) is 11.5. The molecule has 0 aliphatic carbocycles. The van der Waals surface area contributed by atoms with Gasteiger partial charge in [-0.2, -0.15) is 0 Å². The molecule has 4 aromatic carbocycles. The van der Waals surface area contributed by atoms with Gasteiger partial charge >= 0.3 is 0 Å². The molecular formula is C32H34N6O8S2. The van der Waals surface area contributed by atoms with Crippen LogP contribution in [0.3, 0.4) is 0 Å². The Balaban J connectivity index is 1.57. The summed E-state index contributed by atoms with van der Waals surface area (Å²) in [6.45, 7) is -0.168. The molecule has 0 radical (unpaired) electrons. The predicted octanol–water partition coefficient (Wildman–Crippen LogP) is 1.76. The van der Waals surface area contributed by atoms with Crippen LogP contribution in [-0.4, -0.2) is 67.8 Å². The Hall–Kier alpha value is -5.19. The van der Waals surface area contributed by atoms with Gasteiger partial charge in [0.2, 0.25) is 17.7 Å². The van der Waals surface area contributed by atoms with Crippen molar-refractivity contribution in [3.05, 3.63) is 84.9 Å². The Labute approximate surface area is 277 Å². The quantitative estimate of drug-likeness (QED) is 0.160. The lowest BCUT2D eigenvalue weighted by molar-refractivity contribution is -0.119. The molecule has 252 valence electrons. The summed E-state index contributed by atoms with van der Waals surface area (Å²) in [5.74, 6) is -1.84. The zero-order valence-electron chi connectivity index (χ0n) is 25.8. The van der Waals surface area contributed by atoms with Gasteiger partial charge in [-0.3, -0.25) is 23.0 Å². The van der Waals surface area contributed by atoms with E-state index in [1.54, 1.807) is 24.3 Å². The number of sulfonamides is 2. The van der Waals surface area contributed by atoms with Crippen LogP contribution in [0.15, 0.2) is 94.7 Å². The maximum atomic E-state index is 14.1. The summed E-state index contributed by atoms with van der Waals surface area (Å²) in [7, 11) is -7.38. The van der Waals surface area contributed by atoms with Crippen LogP contribution in [0.5, 0.6) is 5.75 Å². The maximum Gasteiger partial charge on any atom is 0.264 e. The number of hydrogen-bond donors (Lipinski definition) is 4. The molecule has 5 rings (SSSR count). The summed E-state index contributed by atoms with van der Waals surface area (Å²) in [5, 5.41) is 6.40. The molecule has 4 aromatic rings. The van der Waals surface area contributed by atoms with E-state index in [0.717, 1.165) is 15.2 Å². The van der Waals surface area contributed by atoms with Gasteiger partial charge in [0.1, 0.15) is 18.8 Å². The van der Waals surface area contributed by atoms with Crippen molar-refractivity contribution in [2.75, 3.05) is 47.2 Å². The van der Waals surface area contributed by atoms with Gasteiger partial charge in [0.25, 0.3) is 20.0 Å². The van der Waals surface area contributed by atoms with Gasteiger partial charge in [0.15, 0.2) is 0 Å². The highest BCUT2D eigenvalue weighted by Crippen LogP contribution is 2.38. The van der Waals surface area contributed by atoms with Crippen LogP contribution in [0.25, 0.3) is 10.8 Å². The number of nitrogens with zero attached hydrogens (tertiary/aromatic N) is 2. The molecule has 0 aromatic heterocycles. The van der Waals surface area contributed by atoms with Crippen molar-refractivity contribution in [2.45, 2.75) is 16.2 Å². The summed E-state index contributed by atoms with van der Waals surface area (Å²) in [4.78, 5) is 36.6. The number of rotatable bonds is 13. The Morgan fingerprint density at radius 1 is 0.771 bits per heavy atom. The molecule has 1 atom stereocenters. The molecule has 0 unspecified atom stereocenters. The lowest BCUT2D eigenvalue weighted by Gasteiger charge is -2.28. The second kappa shape index (κ2) is 13.9. The van der Waals surface area contributed by atoms with Gasteiger partial charge in [-0.15, -0.1) is 0 Å². The Bertz CT molecular complexity index is 2070. The molecule has 1 fully saturated rings. The molecule has 1 aliphatic rings. The van der Waals surface area contributed by atoms with Crippen LogP contribution in [0, 0.1) is 5.92 Å². The van der Waals surface area contributed by atoms with Gasteiger partial charge in [-0.25, -0.2) is 16.8 Å². The Morgan fingerprint density at radius 3 is 1.67 bits per heavy atom. The first-order chi connectivity index (χ1) is 22.8. The topological polar surface area (TPSA) is 211 Å². The third kappa shape index (κ3) is 7.05. The molecule has 14 nitrogen and oxygen atoms in total. The normalized spacial score (nSPS) is 14.7. The first kappa shape index (κ1) is 34.2. The highest BCUT2D eigenvalue weighted by Gasteiger charge is 2.32. The molecule has 3 amide bonds. The SMILES string of the molecule is COc1ccc(S(=O)(=O)N(CC(N)=O)c2ccc(N(CC(N)=O)S(=O)(=O)c3ccc(NC(=O)[C@H]4CCNC4)cc3)c3ccccc23)cc1. The molecule has 0 bridgehead atoms. The number of carbonyl (C=O) groups is 3. The van der Waals surface area contributed by atoms with E-state index < -0.39 is 45.0 Å². The van der Waals surface area contributed by atoms with Gasteiger partial charge in [0.05, 0.1) is 34.2 Å². The maximum absolute atomic E-state index is 14.1. The number of nitrogens with two attached hydrogens (primary N) is 2. The number of nitrogens with one attached hydrogen (secondary N) is 2. The highest BCUT2D eigenvalue weighted by molar-refractivity contribution is 7.93. The number of anilines is 3. The van der Waals surface area contributed by atoms with Gasteiger partial charge < -0.3 is 26.8 Å². The minimum atomic E-state index is -4.44. The molecule has 16 heteroatoms. The smallest absolute Gasteiger partial charge is 0.264 e. The number of benzene rings is 4. The number of hydrogen-bond acceptors (Lipinski definition) is 9. The minimum absolute atomic E-state index is 0.0279. The lowest BCUT2D eigenvalue weighted by atomic mass is 10.1. The summed E-state index contributed by atoms with van der Waals surface area (Å²) in [6, 6.07) is 20.1. The van der Waals surface area contributed by atoms with Gasteiger partial charge in [-0.1, -0.05) is 24.3 Å². The fourth-order valence-electron chi connectivity index (χ4n) is 5.42. The van der Waals surface area contributed by atoms with Crippen LogP contribution in [0.2, 0.25) is 0 Å². The average Bonchev–Trinajstić information content (AvgIpc) is 3.62. The van der Waals surface area contributed by atoms with Crippen molar-refractivity contribution in [3.63, 3.8) is 0 Å². The van der Waals surface area contributed by atoms with E-state index in [-0.39, 0.29) is 43.8 Å². The molecule has 6 N–H and O–H groups in total. The molecule has 1 saturated heterocycles. The van der Waals surface area contributed by atoms with Gasteiger partial charge in [-0.05, 0) is 73.6 Å². The molecule has 48 heavy (non-hydrogen) atoms. The van der Waals surface area contributed by atoms with Gasteiger partial charge in [0, 0.05) is 23.0 Å². The van der Waals surface area contributed by atoms with E-state index >= 15 is 0 Å². The second-order valence-corrected chi connectivity index (χ2v) is 14.7. The van der Waals surface area contributed by atoms with Crippen LogP contribution in [-0.2, 0) is 34.4 Å². The first-order valence-electron chi connectivity index (χ1n) is 14.7. The third-order valence-electron chi connectivity index (χ3n) is 7.80. The minimum Gasteiger partial charge on any atom is -0.497 e. The van der Waals surface area contributed by atoms with E-state index in [2.05, 4.69) is 10.6 Å². The predicted molar refractivity (Wildman–Crippen MR) is 180 cm³/mol. The van der Waals surface area contributed by atoms with E-state index in [9.17, 15) is 31.2 Å². The Morgan fingerprint density at radius 2 is 1.25 bits per heavy atom. The second-order valence-electron chi connectivity index (χ2n) is 11.0. The number of carbonyl (C=O) groups excluding carboxylic acids is 3. The summed E-state index contributed by atoms with van der Waals surface area (Å²) in [6.07, 6.45) is 0.695. The van der Waals surface area contributed by atoms with E-state index in [1.165, 1.54) is 67.8 Å². The average molecular weight is 695 g/mol. The van der Waals surface area contributed by atoms with E-state index in [1.807, 2.05) is 0 Å². The van der Waals surface area contributed by atoms with Crippen molar-refractivity contribution in [3.8, 4) is 5.75 Å².